The molecule has 0 amide bonds. The smallest absolute Gasteiger partial charge is 0.193 e. The molecule has 0 atom stereocenters. The molecule has 0 saturated carbocycles. The van der Waals surface area contributed by atoms with E-state index in [9.17, 15) is 4.39 Å². The molecule has 0 fully saturated rings. The van der Waals surface area contributed by atoms with Gasteiger partial charge < -0.3 is 25.4 Å². The first-order valence-electron chi connectivity index (χ1n) is 8.86. The van der Waals surface area contributed by atoms with Gasteiger partial charge in [-0.25, -0.2) is 9.38 Å². The number of benzene rings is 2. The Bertz CT molecular complexity index is 800. The quantitative estimate of drug-likeness (QED) is 0.321. The average molecular weight is 502 g/mol. The minimum atomic E-state index is -0.290. The lowest BCUT2D eigenvalue weighted by molar-refractivity contribution is 0.332. The van der Waals surface area contributed by atoms with Crippen molar-refractivity contribution in [2.24, 2.45) is 10.7 Å². The van der Waals surface area contributed by atoms with Crippen molar-refractivity contribution in [3.63, 3.8) is 0 Å². The third-order valence-electron chi connectivity index (χ3n) is 3.75. The average Bonchev–Trinajstić information content (AvgIpc) is 2.62. The Kier molecular flexibility index (Phi) is 9.84. The molecule has 0 bridgehead atoms. The van der Waals surface area contributed by atoms with Crippen molar-refractivity contribution in [3.8, 4) is 11.5 Å². The van der Waals surface area contributed by atoms with Crippen molar-refractivity contribution in [1.82, 2.24) is 0 Å². The Morgan fingerprint density at radius 3 is 2.43 bits per heavy atom. The van der Waals surface area contributed by atoms with Gasteiger partial charge in [-0.15, -0.1) is 24.0 Å². The van der Waals surface area contributed by atoms with Crippen LogP contribution in [0.25, 0.3) is 0 Å². The molecule has 0 spiro atoms. The summed E-state index contributed by atoms with van der Waals surface area (Å²) >= 11 is 0. The van der Waals surface area contributed by atoms with Gasteiger partial charge in [0.15, 0.2) is 5.96 Å². The zero-order valence-electron chi connectivity index (χ0n) is 16.7. The predicted molar refractivity (Wildman–Crippen MR) is 124 cm³/mol. The van der Waals surface area contributed by atoms with E-state index < -0.39 is 0 Å². The molecule has 2 aromatic carbocycles. The van der Waals surface area contributed by atoms with Gasteiger partial charge in [-0.05, 0) is 43.7 Å². The zero-order chi connectivity index (χ0) is 19.8. The topological polar surface area (TPSA) is 72.1 Å². The number of nitrogens with one attached hydrogen (secondary N) is 1. The number of aliphatic imine (C=N–C) groups is 1. The van der Waals surface area contributed by atoms with Crippen LogP contribution in [0.1, 0.15) is 19.4 Å². The van der Waals surface area contributed by atoms with E-state index in [1.165, 1.54) is 6.07 Å². The number of ether oxygens (including phenoxy) is 2. The third-order valence-corrected chi connectivity index (χ3v) is 3.75. The highest BCUT2D eigenvalue weighted by atomic mass is 127. The molecule has 0 heterocycles. The lowest BCUT2D eigenvalue weighted by Crippen LogP contribution is -2.23. The summed E-state index contributed by atoms with van der Waals surface area (Å²) in [4.78, 5) is 6.01. The number of hydrogen-bond acceptors (Lipinski definition) is 4. The van der Waals surface area contributed by atoms with Crippen LogP contribution >= 0.6 is 24.0 Å². The molecule has 8 heteroatoms. The fourth-order valence-corrected chi connectivity index (χ4v) is 2.51. The molecule has 0 radical (unpaired) electrons. The second kappa shape index (κ2) is 11.6. The van der Waals surface area contributed by atoms with Crippen molar-refractivity contribution in [2.45, 2.75) is 20.4 Å². The number of hydrogen-bond donors (Lipinski definition) is 2. The molecule has 0 saturated heterocycles. The molecule has 0 unspecified atom stereocenters. The summed E-state index contributed by atoms with van der Waals surface area (Å²) in [5.74, 6) is 1.28. The first kappa shape index (κ1) is 23.8. The van der Waals surface area contributed by atoms with Crippen molar-refractivity contribution in [2.75, 3.05) is 37.5 Å². The highest BCUT2D eigenvalue weighted by molar-refractivity contribution is 14.0. The Morgan fingerprint density at radius 2 is 1.82 bits per heavy atom. The van der Waals surface area contributed by atoms with Gasteiger partial charge in [-0.2, -0.15) is 0 Å². The molecule has 2 rings (SSSR count). The van der Waals surface area contributed by atoms with Crippen molar-refractivity contribution in [1.29, 1.82) is 0 Å². The van der Waals surface area contributed by atoms with Crippen LogP contribution in [0.4, 0.5) is 15.8 Å². The van der Waals surface area contributed by atoms with E-state index in [2.05, 4.69) is 10.3 Å². The van der Waals surface area contributed by atoms with Crippen molar-refractivity contribution < 1.29 is 13.9 Å². The second-order valence-electron chi connectivity index (χ2n) is 6.03. The largest absolute Gasteiger partial charge is 0.494 e. The zero-order valence-corrected chi connectivity index (χ0v) is 19.0. The molecule has 3 N–H and O–H groups in total. The van der Waals surface area contributed by atoms with Gasteiger partial charge in [0, 0.05) is 20.2 Å². The fraction of sp³-hybridized carbons (Fsp3) is 0.350. The standard InChI is InChI=1S/C20H27FN4O2.HI/c1-5-26-15-8-10-19(27-6-2)17(12-15)24-20(22)23-13-14-7-9-18(25(3)4)16(21)11-14;/h7-12H,5-6,13H2,1-4H3,(H3,22,23,24);1H. The normalized spacial score (nSPS) is 10.8. The van der Waals surface area contributed by atoms with Crippen LogP contribution in [0.3, 0.4) is 0 Å². The summed E-state index contributed by atoms with van der Waals surface area (Å²) in [5.41, 5.74) is 7.93. The summed E-state index contributed by atoms with van der Waals surface area (Å²) in [6, 6.07) is 10.5. The lowest BCUT2D eigenvalue weighted by atomic mass is 10.2. The maximum absolute atomic E-state index is 14.1. The summed E-state index contributed by atoms with van der Waals surface area (Å²) in [6.45, 7) is 5.17. The van der Waals surface area contributed by atoms with Gasteiger partial charge in [-0.3, -0.25) is 0 Å². The van der Waals surface area contributed by atoms with Crippen LogP contribution in [0.2, 0.25) is 0 Å². The van der Waals surface area contributed by atoms with E-state index in [1.807, 2.05) is 38.1 Å². The van der Waals surface area contributed by atoms with E-state index in [0.717, 1.165) is 5.56 Å². The van der Waals surface area contributed by atoms with Gasteiger partial charge in [0.2, 0.25) is 0 Å². The SMILES string of the molecule is CCOc1ccc(OCC)c(NC(N)=NCc2ccc(N(C)C)c(F)c2)c1.I. The number of rotatable bonds is 8. The Balaban J connectivity index is 0.00000392. The van der Waals surface area contributed by atoms with Gasteiger partial charge in [0.05, 0.1) is 31.1 Å². The highest BCUT2D eigenvalue weighted by Crippen LogP contribution is 2.29. The fourth-order valence-electron chi connectivity index (χ4n) is 2.51. The molecule has 154 valence electrons. The lowest BCUT2D eigenvalue weighted by Gasteiger charge is -2.14. The monoisotopic (exact) mass is 502 g/mol. The van der Waals surface area contributed by atoms with Crippen LogP contribution in [0, 0.1) is 5.82 Å². The van der Waals surface area contributed by atoms with Crippen molar-refractivity contribution in [3.05, 3.63) is 47.8 Å². The predicted octanol–water partition coefficient (Wildman–Crippen LogP) is 4.23. The number of nitrogens with zero attached hydrogens (tertiary/aromatic N) is 2. The van der Waals surface area contributed by atoms with Gasteiger partial charge >= 0.3 is 0 Å². The third kappa shape index (κ3) is 6.74. The Hall–Kier alpha value is -2.23. The van der Waals surface area contributed by atoms with E-state index in [0.29, 0.717) is 36.1 Å². The van der Waals surface area contributed by atoms with Crippen LogP contribution in [0.15, 0.2) is 41.4 Å². The molecule has 0 aromatic heterocycles. The molecule has 2 aromatic rings. The van der Waals surface area contributed by atoms with Gasteiger partial charge in [-0.1, -0.05) is 6.07 Å². The van der Waals surface area contributed by atoms with Crippen molar-refractivity contribution >= 4 is 41.3 Å². The highest BCUT2D eigenvalue weighted by Gasteiger charge is 2.08. The molecule has 0 aliphatic carbocycles. The summed E-state index contributed by atoms with van der Waals surface area (Å²) in [6.07, 6.45) is 0. The molecular formula is C20H28FIN4O2. The van der Waals surface area contributed by atoms with E-state index in [1.54, 1.807) is 25.1 Å². The van der Waals surface area contributed by atoms with Crippen LogP contribution in [0.5, 0.6) is 11.5 Å². The molecular weight excluding hydrogens is 474 g/mol. The molecule has 28 heavy (non-hydrogen) atoms. The van der Waals surface area contributed by atoms with E-state index in [4.69, 9.17) is 15.2 Å². The van der Waals surface area contributed by atoms with Gasteiger partial charge in [0.25, 0.3) is 0 Å². The second-order valence-corrected chi connectivity index (χ2v) is 6.03. The summed E-state index contributed by atoms with van der Waals surface area (Å²) in [5, 5.41) is 3.03. The number of nitrogens with two attached hydrogens (primary N) is 1. The molecule has 0 aliphatic heterocycles. The number of guanidine groups is 1. The maximum atomic E-state index is 14.1. The first-order chi connectivity index (χ1) is 12.9. The Labute approximate surface area is 182 Å². The minimum Gasteiger partial charge on any atom is -0.494 e. The number of anilines is 2. The van der Waals surface area contributed by atoms with Crippen LogP contribution in [-0.2, 0) is 6.54 Å². The molecule has 0 aliphatic rings. The van der Waals surface area contributed by atoms with Crippen LogP contribution in [-0.4, -0.2) is 33.3 Å². The first-order valence-corrected chi connectivity index (χ1v) is 8.86. The summed E-state index contributed by atoms with van der Waals surface area (Å²) in [7, 11) is 3.59. The number of halogens is 2. The molecule has 6 nitrogen and oxygen atoms in total. The summed E-state index contributed by atoms with van der Waals surface area (Å²) < 4.78 is 25.2. The van der Waals surface area contributed by atoms with E-state index in [-0.39, 0.29) is 42.3 Å². The Morgan fingerprint density at radius 1 is 1.11 bits per heavy atom. The van der Waals surface area contributed by atoms with Crippen LogP contribution < -0.4 is 25.4 Å². The van der Waals surface area contributed by atoms with E-state index >= 15 is 0 Å². The minimum absolute atomic E-state index is 0. The van der Waals surface area contributed by atoms with Gasteiger partial charge in [0.1, 0.15) is 17.3 Å². The maximum Gasteiger partial charge on any atom is 0.193 e.